The molecule has 0 aliphatic carbocycles. The number of amides is 1. The lowest BCUT2D eigenvalue weighted by Crippen LogP contribution is -2.47. The zero-order chi connectivity index (χ0) is 12.0. The maximum absolute atomic E-state index is 12.3. The average Bonchev–Trinajstić information content (AvgIpc) is 2.78. The van der Waals surface area contributed by atoms with Gasteiger partial charge in [-0.2, -0.15) is 11.8 Å². The molecule has 0 spiro atoms. The number of hydrogen-bond donors (Lipinski definition) is 2. The Morgan fingerprint density at radius 3 is 2.75 bits per heavy atom. The van der Waals surface area contributed by atoms with E-state index in [4.69, 9.17) is 0 Å². The summed E-state index contributed by atoms with van der Waals surface area (Å²) in [6.45, 7) is 6.06. The van der Waals surface area contributed by atoms with E-state index in [1.807, 2.05) is 0 Å². The molecule has 1 aliphatic heterocycles. The first kappa shape index (κ1) is 13.8. The van der Waals surface area contributed by atoms with Crippen molar-refractivity contribution in [3.05, 3.63) is 0 Å². The van der Waals surface area contributed by atoms with Crippen molar-refractivity contribution in [1.82, 2.24) is 10.6 Å². The summed E-state index contributed by atoms with van der Waals surface area (Å²) in [4.78, 5) is 12.3. The van der Waals surface area contributed by atoms with Gasteiger partial charge in [0.05, 0.1) is 5.41 Å². The van der Waals surface area contributed by atoms with E-state index in [-0.39, 0.29) is 11.3 Å². The Morgan fingerprint density at radius 1 is 1.56 bits per heavy atom. The standard InChI is InChI=1S/C12H24N2OS/c1-4-10(8-16-3)14-11(15)12(5-2)6-7-13-9-12/h10,13H,4-9H2,1-3H3,(H,14,15). The predicted molar refractivity (Wildman–Crippen MR) is 70.8 cm³/mol. The smallest absolute Gasteiger partial charge is 0.227 e. The average molecular weight is 244 g/mol. The van der Waals surface area contributed by atoms with Crippen LogP contribution in [0.5, 0.6) is 0 Å². The molecule has 1 rings (SSSR count). The van der Waals surface area contributed by atoms with Gasteiger partial charge >= 0.3 is 0 Å². The summed E-state index contributed by atoms with van der Waals surface area (Å²) in [7, 11) is 0. The molecule has 16 heavy (non-hydrogen) atoms. The number of hydrogen-bond acceptors (Lipinski definition) is 3. The van der Waals surface area contributed by atoms with Gasteiger partial charge in [-0.3, -0.25) is 4.79 Å². The number of carbonyl (C=O) groups excluding carboxylic acids is 1. The van der Waals surface area contributed by atoms with E-state index in [2.05, 4.69) is 30.7 Å². The van der Waals surface area contributed by atoms with Crippen LogP contribution >= 0.6 is 11.8 Å². The van der Waals surface area contributed by atoms with Crippen molar-refractivity contribution in [3.8, 4) is 0 Å². The Bertz CT molecular complexity index is 227. The number of thioether (sulfide) groups is 1. The normalized spacial score (nSPS) is 26.7. The third-order valence-electron chi connectivity index (χ3n) is 3.60. The molecule has 1 amide bonds. The molecule has 0 saturated carbocycles. The fourth-order valence-electron chi connectivity index (χ4n) is 2.20. The minimum Gasteiger partial charge on any atom is -0.352 e. The first-order valence-electron chi connectivity index (χ1n) is 6.19. The Hall–Kier alpha value is -0.220. The quantitative estimate of drug-likeness (QED) is 0.746. The molecule has 0 aromatic carbocycles. The maximum Gasteiger partial charge on any atom is 0.227 e. The molecule has 0 aromatic heterocycles. The Morgan fingerprint density at radius 2 is 2.31 bits per heavy atom. The van der Waals surface area contributed by atoms with Crippen molar-refractivity contribution in [2.75, 3.05) is 25.1 Å². The van der Waals surface area contributed by atoms with E-state index in [0.29, 0.717) is 6.04 Å². The minimum atomic E-state index is -0.147. The van der Waals surface area contributed by atoms with Crippen molar-refractivity contribution in [1.29, 1.82) is 0 Å². The van der Waals surface area contributed by atoms with Crippen molar-refractivity contribution in [2.24, 2.45) is 5.41 Å². The second-order valence-electron chi connectivity index (χ2n) is 4.59. The summed E-state index contributed by atoms with van der Waals surface area (Å²) in [5, 5.41) is 6.50. The Labute approximate surface area is 103 Å². The first-order chi connectivity index (χ1) is 7.68. The third-order valence-corrected chi connectivity index (χ3v) is 4.33. The molecule has 1 fully saturated rings. The molecule has 2 atom stereocenters. The van der Waals surface area contributed by atoms with Crippen LogP contribution in [0.2, 0.25) is 0 Å². The Kier molecular flexibility index (Phi) is 5.62. The van der Waals surface area contributed by atoms with E-state index in [1.54, 1.807) is 11.8 Å². The molecule has 1 saturated heterocycles. The molecule has 2 N–H and O–H groups in total. The lowest BCUT2D eigenvalue weighted by molar-refractivity contribution is -0.130. The van der Waals surface area contributed by atoms with Crippen LogP contribution in [0.25, 0.3) is 0 Å². The number of nitrogens with one attached hydrogen (secondary N) is 2. The first-order valence-corrected chi connectivity index (χ1v) is 7.58. The monoisotopic (exact) mass is 244 g/mol. The molecule has 0 bridgehead atoms. The molecule has 1 heterocycles. The van der Waals surface area contributed by atoms with Gasteiger partial charge in [0, 0.05) is 18.3 Å². The van der Waals surface area contributed by atoms with Crippen LogP contribution in [0.1, 0.15) is 33.1 Å². The van der Waals surface area contributed by atoms with Crippen LogP contribution in [0.4, 0.5) is 0 Å². The van der Waals surface area contributed by atoms with Gasteiger partial charge < -0.3 is 10.6 Å². The number of carbonyl (C=O) groups is 1. The van der Waals surface area contributed by atoms with E-state index in [0.717, 1.165) is 38.1 Å². The summed E-state index contributed by atoms with van der Waals surface area (Å²) in [6, 6.07) is 0.325. The van der Waals surface area contributed by atoms with E-state index < -0.39 is 0 Å². The zero-order valence-corrected chi connectivity index (χ0v) is 11.5. The van der Waals surface area contributed by atoms with Crippen LogP contribution in [0, 0.1) is 5.41 Å². The second-order valence-corrected chi connectivity index (χ2v) is 5.51. The largest absolute Gasteiger partial charge is 0.352 e. The van der Waals surface area contributed by atoms with Gasteiger partial charge in [0.25, 0.3) is 0 Å². The zero-order valence-electron chi connectivity index (χ0n) is 10.6. The summed E-state index contributed by atoms with van der Waals surface area (Å²) in [5.74, 6) is 1.26. The molecule has 4 heteroatoms. The molecular weight excluding hydrogens is 220 g/mol. The van der Waals surface area contributed by atoms with Gasteiger partial charge in [-0.05, 0) is 32.1 Å². The highest BCUT2D eigenvalue weighted by Gasteiger charge is 2.39. The highest BCUT2D eigenvalue weighted by Crippen LogP contribution is 2.29. The second kappa shape index (κ2) is 6.50. The van der Waals surface area contributed by atoms with Gasteiger partial charge in [-0.25, -0.2) is 0 Å². The minimum absolute atomic E-state index is 0.147. The summed E-state index contributed by atoms with van der Waals surface area (Å²) in [6.07, 6.45) is 5.01. The van der Waals surface area contributed by atoms with Crippen LogP contribution in [-0.2, 0) is 4.79 Å². The fraction of sp³-hybridized carbons (Fsp3) is 0.917. The SMILES string of the molecule is CCC(CSC)NC(=O)C1(CC)CCNC1. The molecule has 0 aromatic rings. The van der Waals surface area contributed by atoms with Crippen LogP contribution in [-0.4, -0.2) is 37.0 Å². The third kappa shape index (κ3) is 3.14. The van der Waals surface area contributed by atoms with Crippen molar-refractivity contribution < 1.29 is 4.79 Å². The Balaban J connectivity index is 2.54. The van der Waals surface area contributed by atoms with Crippen LogP contribution in [0.3, 0.4) is 0 Å². The van der Waals surface area contributed by atoms with E-state index in [1.165, 1.54) is 0 Å². The summed E-state index contributed by atoms with van der Waals surface area (Å²) in [5.41, 5.74) is -0.147. The lowest BCUT2D eigenvalue weighted by Gasteiger charge is -2.28. The van der Waals surface area contributed by atoms with Gasteiger partial charge in [-0.1, -0.05) is 13.8 Å². The van der Waals surface area contributed by atoms with Gasteiger partial charge in [0.2, 0.25) is 5.91 Å². The predicted octanol–water partition coefficient (Wildman–Crippen LogP) is 1.63. The highest BCUT2D eigenvalue weighted by molar-refractivity contribution is 7.98. The molecular formula is C12H24N2OS. The van der Waals surface area contributed by atoms with Crippen molar-refractivity contribution in [2.45, 2.75) is 39.2 Å². The fourth-order valence-corrected chi connectivity index (χ4v) is 2.92. The van der Waals surface area contributed by atoms with Crippen LogP contribution in [0.15, 0.2) is 0 Å². The number of rotatable bonds is 6. The van der Waals surface area contributed by atoms with Gasteiger partial charge in [-0.15, -0.1) is 0 Å². The van der Waals surface area contributed by atoms with Crippen molar-refractivity contribution in [3.63, 3.8) is 0 Å². The topological polar surface area (TPSA) is 41.1 Å². The van der Waals surface area contributed by atoms with Gasteiger partial charge in [0.1, 0.15) is 0 Å². The molecule has 3 nitrogen and oxygen atoms in total. The lowest BCUT2D eigenvalue weighted by atomic mass is 9.83. The summed E-state index contributed by atoms with van der Waals surface area (Å²) < 4.78 is 0. The molecule has 94 valence electrons. The maximum atomic E-state index is 12.3. The molecule has 1 aliphatic rings. The van der Waals surface area contributed by atoms with Gasteiger partial charge in [0.15, 0.2) is 0 Å². The molecule has 2 unspecified atom stereocenters. The highest BCUT2D eigenvalue weighted by atomic mass is 32.2. The van der Waals surface area contributed by atoms with E-state index in [9.17, 15) is 4.79 Å². The van der Waals surface area contributed by atoms with E-state index >= 15 is 0 Å². The molecule has 0 radical (unpaired) electrons. The van der Waals surface area contributed by atoms with Crippen molar-refractivity contribution >= 4 is 17.7 Å². The summed E-state index contributed by atoms with van der Waals surface area (Å²) >= 11 is 1.80. The van der Waals surface area contributed by atoms with Crippen LogP contribution < -0.4 is 10.6 Å².